The smallest absolute Gasteiger partial charge is 0.339 e. The maximum Gasteiger partial charge on any atom is 0.339 e. The van der Waals surface area contributed by atoms with Crippen LogP contribution in [0.1, 0.15) is 22.8 Å². The lowest BCUT2D eigenvalue weighted by atomic mass is 10.1. The third-order valence-electron chi connectivity index (χ3n) is 5.03. The zero-order valence-electron chi connectivity index (χ0n) is 17.8. The number of carboxylic acids is 1. The first-order valence-electron chi connectivity index (χ1n) is 10.2. The van der Waals surface area contributed by atoms with E-state index in [0.29, 0.717) is 30.4 Å². The number of hydrogen-bond acceptors (Lipinski definition) is 7. The van der Waals surface area contributed by atoms with Crippen LogP contribution in [0.25, 0.3) is 21.3 Å². The second kappa shape index (κ2) is 9.65. The zero-order chi connectivity index (χ0) is 22.5. The van der Waals surface area contributed by atoms with Gasteiger partial charge in [0.05, 0.1) is 19.4 Å². The molecule has 0 radical (unpaired) electrons. The van der Waals surface area contributed by atoms with Crippen molar-refractivity contribution in [2.75, 3.05) is 25.6 Å². The third kappa shape index (κ3) is 4.65. The summed E-state index contributed by atoms with van der Waals surface area (Å²) < 4.78 is 12.3. The number of benzene rings is 2. The van der Waals surface area contributed by atoms with E-state index in [1.807, 2.05) is 13.0 Å². The number of fused-ring (bicyclic) bond motifs is 1. The highest BCUT2D eigenvalue weighted by atomic mass is 32.1. The summed E-state index contributed by atoms with van der Waals surface area (Å²) in [6.45, 7) is 2.86. The molecule has 0 aliphatic carbocycles. The number of aromatic carboxylic acids is 1. The fraction of sp³-hybridized carbons (Fsp3) is 0.208. The van der Waals surface area contributed by atoms with Crippen molar-refractivity contribution in [2.24, 2.45) is 0 Å². The van der Waals surface area contributed by atoms with Gasteiger partial charge in [0.15, 0.2) is 0 Å². The average molecular weight is 450 g/mol. The maximum absolute atomic E-state index is 11.4. The van der Waals surface area contributed by atoms with Crippen LogP contribution in [0, 0.1) is 0 Å². The summed E-state index contributed by atoms with van der Waals surface area (Å²) >= 11 is 1.71. The number of nitrogens with zero attached hydrogens (tertiary/aromatic N) is 2. The van der Waals surface area contributed by atoms with E-state index in [-0.39, 0.29) is 5.56 Å². The second-order valence-corrected chi connectivity index (χ2v) is 7.98. The Labute approximate surface area is 189 Å². The number of carboxylic acid groups (broad SMARTS) is 1. The first-order valence-corrected chi connectivity index (χ1v) is 11.1. The number of nitrogens with one attached hydrogen (secondary N) is 1. The molecular formula is C24H23N3O4S. The molecule has 2 aromatic carbocycles. The van der Waals surface area contributed by atoms with Crippen molar-refractivity contribution in [1.29, 1.82) is 0 Å². The molecule has 2 heterocycles. The molecule has 2 N–H and O–H groups in total. The van der Waals surface area contributed by atoms with Gasteiger partial charge in [-0.05, 0) is 60.0 Å². The molecular weight excluding hydrogens is 426 g/mol. The molecule has 0 spiro atoms. The van der Waals surface area contributed by atoms with Crippen LogP contribution in [0.4, 0.5) is 5.82 Å². The molecule has 0 atom stereocenters. The Kier molecular flexibility index (Phi) is 6.51. The van der Waals surface area contributed by atoms with Crippen molar-refractivity contribution < 1.29 is 19.4 Å². The molecule has 0 saturated carbocycles. The number of hydrogen-bond donors (Lipinski definition) is 2. The maximum atomic E-state index is 11.4. The van der Waals surface area contributed by atoms with Crippen LogP contribution in [-0.4, -0.2) is 41.3 Å². The fourth-order valence-corrected chi connectivity index (χ4v) is 4.32. The molecule has 4 aromatic rings. The first-order chi connectivity index (χ1) is 15.6. The van der Waals surface area contributed by atoms with Crippen molar-refractivity contribution in [3.63, 3.8) is 0 Å². The van der Waals surface area contributed by atoms with E-state index in [1.165, 1.54) is 22.5 Å². The molecule has 8 heteroatoms. The van der Waals surface area contributed by atoms with E-state index in [2.05, 4.69) is 38.9 Å². The number of methoxy groups -OCH3 is 1. The van der Waals surface area contributed by atoms with Crippen LogP contribution in [-0.2, 0) is 6.42 Å². The van der Waals surface area contributed by atoms with Crippen molar-refractivity contribution >= 4 is 33.2 Å². The van der Waals surface area contributed by atoms with Crippen molar-refractivity contribution in [1.82, 2.24) is 9.97 Å². The molecule has 0 bridgehead atoms. The van der Waals surface area contributed by atoms with E-state index in [0.717, 1.165) is 23.3 Å². The molecule has 0 amide bonds. The largest absolute Gasteiger partial charge is 0.496 e. The molecule has 0 aliphatic rings. The number of thiophene rings is 1. The summed E-state index contributed by atoms with van der Waals surface area (Å²) in [6.07, 6.45) is 2.26. The van der Waals surface area contributed by atoms with Gasteiger partial charge >= 0.3 is 5.97 Å². The fourth-order valence-electron chi connectivity index (χ4n) is 3.49. The van der Waals surface area contributed by atoms with Gasteiger partial charge in [-0.1, -0.05) is 6.07 Å². The zero-order valence-corrected chi connectivity index (χ0v) is 18.6. The van der Waals surface area contributed by atoms with Crippen LogP contribution < -0.4 is 14.8 Å². The lowest BCUT2D eigenvalue weighted by Gasteiger charge is -2.12. The average Bonchev–Trinajstić information content (AvgIpc) is 3.26. The monoisotopic (exact) mass is 449 g/mol. The summed E-state index contributed by atoms with van der Waals surface area (Å²) in [7, 11) is 1.69. The Morgan fingerprint density at radius 3 is 2.78 bits per heavy atom. The van der Waals surface area contributed by atoms with Gasteiger partial charge in [-0.3, -0.25) is 0 Å². The molecule has 0 saturated heterocycles. The molecule has 32 heavy (non-hydrogen) atoms. The van der Waals surface area contributed by atoms with Gasteiger partial charge in [0.2, 0.25) is 0 Å². The van der Waals surface area contributed by atoms with Gasteiger partial charge in [0.1, 0.15) is 29.2 Å². The molecule has 2 aromatic heterocycles. The number of aromatic nitrogens is 2. The Morgan fingerprint density at radius 2 is 2.00 bits per heavy atom. The highest BCUT2D eigenvalue weighted by Crippen LogP contribution is 2.30. The Balaban J connectivity index is 1.49. The Morgan fingerprint density at radius 1 is 1.12 bits per heavy atom. The molecule has 0 unspecified atom stereocenters. The molecule has 4 rings (SSSR count). The summed E-state index contributed by atoms with van der Waals surface area (Å²) in [5.41, 5.74) is 2.70. The van der Waals surface area contributed by atoms with E-state index < -0.39 is 5.97 Å². The van der Waals surface area contributed by atoms with Gasteiger partial charge in [-0.25, -0.2) is 14.8 Å². The predicted octanol–water partition coefficient (Wildman–Crippen LogP) is 5.12. The topological polar surface area (TPSA) is 93.6 Å². The minimum atomic E-state index is -1.03. The van der Waals surface area contributed by atoms with Crippen LogP contribution in [0.3, 0.4) is 0 Å². The lowest BCUT2D eigenvalue weighted by molar-refractivity contribution is 0.0692. The minimum Gasteiger partial charge on any atom is -0.496 e. The number of ether oxygens (including phenoxy) is 2. The Bertz CT molecular complexity index is 1260. The summed E-state index contributed by atoms with van der Waals surface area (Å²) in [5, 5.41) is 15.9. The van der Waals surface area contributed by atoms with Crippen molar-refractivity contribution in [3.8, 4) is 22.8 Å². The second-order valence-electron chi connectivity index (χ2n) is 7.04. The predicted molar refractivity (Wildman–Crippen MR) is 126 cm³/mol. The number of rotatable bonds is 9. The normalized spacial score (nSPS) is 10.8. The molecule has 164 valence electrons. The minimum absolute atomic E-state index is 0.125. The van der Waals surface area contributed by atoms with Crippen LogP contribution >= 0.6 is 11.3 Å². The Hall–Kier alpha value is -3.65. The van der Waals surface area contributed by atoms with E-state index in [1.54, 1.807) is 30.6 Å². The third-order valence-corrected chi connectivity index (χ3v) is 5.91. The van der Waals surface area contributed by atoms with Gasteiger partial charge < -0.3 is 19.9 Å². The highest BCUT2D eigenvalue weighted by Gasteiger charge is 2.13. The SMILES string of the molecule is CCOc1cc(-c2cc(NCCc3cc4sccc4cc3OC)ncn2)ccc1C(=O)O. The quantitative estimate of drug-likeness (QED) is 0.366. The first kappa shape index (κ1) is 21.6. The highest BCUT2D eigenvalue weighted by molar-refractivity contribution is 7.17. The summed E-state index contributed by atoms with van der Waals surface area (Å²) in [5.74, 6) is 0.859. The van der Waals surface area contributed by atoms with Crippen LogP contribution in [0.5, 0.6) is 11.5 Å². The summed E-state index contributed by atoms with van der Waals surface area (Å²) in [6, 6.07) is 13.1. The van der Waals surface area contributed by atoms with Crippen molar-refractivity contribution in [2.45, 2.75) is 13.3 Å². The number of anilines is 1. The molecule has 0 fully saturated rings. The van der Waals surface area contributed by atoms with Crippen molar-refractivity contribution in [3.05, 3.63) is 65.3 Å². The van der Waals surface area contributed by atoms with Crippen LogP contribution in [0.15, 0.2) is 54.2 Å². The van der Waals surface area contributed by atoms with E-state index >= 15 is 0 Å². The number of carbonyl (C=O) groups is 1. The standard InChI is InChI=1S/C24H23N3O4S/c1-3-31-21-10-15(4-5-18(21)24(28)29)19-13-23(27-14-26-19)25-8-6-16-12-22-17(7-9-32-22)11-20(16)30-2/h4-5,7,9-14H,3,6,8H2,1-2H3,(H,28,29)(H,25,26,27). The molecule has 0 aliphatic heterocycles. The molecule has 7 nitrogen and oxygen atoms in total. The van der Waals surface area contributed by atoms with Gasteiger partial charge in [0, 0.05) is 22.9 Å². The summed E-state index contributed by atoms with van der Waals surface area (Å²) in [4.78, 5) is 20.1. The van der Waals surface area contributed by atoms with Gasteiger partial charge in [-0.2, -0.15) is 0 Å². The van der Waals surface area contributed by atoms with Crippen LogP contribution in [0.2, 0.25) is 0 Å². The van der Waals surface area contributed by atoms with Gasteiger partial charge in [-0.15, -0.1) is 11.3 Å². The van der Waals surface area contributed by atoms with E-state index in [4.69, 9.17) is 9.47 Å². The lowest BCUT2D eigenvalue weighted by Crippen LogP contribution is -2.07. The van der Waals surface area contributed by atoms with E-state index in [9.17, 15) is 9.90 Å². The van der Waals surface area contributed by atoms with Gasteiger partial charge in [0.25, 0.3) is 0 Å².